The molecule has 1 aliphatic carbocycles. The van der Waals surface area contributed by atoms with Crippen LogP contribution >= 0.6 is 0 Å². The molecule has 0 aromatic carbocycles. The maximum atomic E-state index is 12.2. The highest BCUT2D eigenvalue weighted by Crippen LogP contribution is 2.19. The molecule has 0 radical (unpaired) electrons. The summed E-state index contributed by atoms with van der Waals surface area (Å²) < 4.78 is 28.7. The van der Waals surface area contributed by atoms with Crippen LogP contribution in [-0.2, 0) is 17.1 Å². The van der Waals surface area contributed by atoms with E-state index in [0.717, 1.165) is 25.7 Å². The molecule has 0 spiro atoms. The lowest BCUT2D eigenvalue weighted by atomic mass is 9.92. The van der Waals surface area contributed by atoms with E-state index in [-0.39, 0.29) is 17.1 Å². The first-order valence-corrected chi connectivity index (χ1v) is 7.66. The van der Waals surface area contributed by atoms with Crippen LogP contribution in [0.4, 0.5) is 0 Å². The van der Waals surface area contributed by atoms with Crippen molar-refractivity contribution in [3.8, 4) is 0 Å². The van der Waals surface area contributed by atoms with Gasteiger partial charge in [-0.05, 0) is 19.8 Å². The maximum Gasteiger partial charge on any atom is 0.259 e. The Hall–Kier alpha value is -0.920. The molecule has 0 amide bonds. The quantitative estimate of drug-likeness (QED) is 0.827. The van der Waals surface area contributed by atoms with E-state index in [0.29, 0.717) is 5.82 Å². The zero-order chi connectivity index (χ0) is 13.3. The molecule has 1 saturated carbocycles. The van der Waals surface area contributed by atoms with E-state index in [1.807, 2.05) is 0 Å². The first-order valence-electron chi connectivity index (χ1n) is 6.18. The molecule has 1 heterocycles. The molecule has 1 aromatic rings. The van der Waals surface area contributed by atoms with E-state index >= 15 is 0 Å². The summed E-state index contributed by atoms with van der Waals surface area (Å²) in [5.74, 6) is 0.670. The van der Waals surface area contributed by atoms with Gasteiger partial charge < -0.3 is 10.3 Å². The van der Waals surface area contributed by atoms with Crippen LogP contribution in [-0.4, -0.2) is 30.1 Å². The standard InChI is InChI=1S/C11H20N4O2S/c1-8-13-11(7-15(8)2)18(16,17)14-10-6-4-3-5-9(10)12/h7,9-10,14H,3-6,12H2,1-2H3. The van der Waals surface area contributed by atoms with Gasteiger partial charge in [-0.25, -0.2) is 18.1 Å². The molecule has 1 aromatic heterocycles. The van der Waals surface area contributed by atoms with Crippen molar-refractivity contribution in [2.75, 3.05) is 0 Å². The number of aryl methyl sites for hydroxylation is 2. The Morgan fingerprint density at radius 3 is 2.67 bits per heavy atom. The Bertz CT molecular complexity index is 504. The van der Waals surface area contributed by atoms with Gasteiger partial charge in [-0.3, -0.25) is 0 Å². The van der Waals surface area contributed by atoms with E-state index in [9.17, 15) is 8.42 Å². The fraction of sp³-hybridized carbons (Fsp3) is 0.727. The minimum absolute atomic E-state index is 0.0697. The fourth-order valence-corrected chi connectivity index (χ4v) is 3.58. The number of hydrogen-bond acceptors (Lipinski definition) is 4. The predicted octanol–water partition coefficient (Wildman–Crippen LogP) is 0.277. The summed E-state index contributed by atoms with van der Waals surface area (Å²) in [6, 6.07) is -0.274. The summed E-state index contributed by atoms with van der Waals surface area (Å²) in [5.41, 5.74) is 5.95. The van der Waals surface area contributed by atoms with Gasteiger partial charge in [-0.1, -0.05) is 12.8 Å². The number of hydrogen-bond donors (Lipinski definition) is 2. The summed E-state index contributed by atoms with van der Waals surface area (Å²) in [6.45, 7) is 1.77. The normalized spacial score (nSPS) is 25.3. The van der Waals surface area contributed by atoms with E-state index < -0.39 is 10.0 Å². The lowest BCUT2D eigenvalue weighted by Gasteiger charge is -2.28. The summed E-state index contributed by atoms with van der Waals surface area (Å²) in [7, 11) is -1.78. The fourth-order valence-electron chi connectivity index (χ4n) is 2.22. The molecule has 0 aliphatic heterocycles. The van der Waals surface area contributed by atoms with Gasteiger partial charge in [0.2, 0.25) is 0 Å². The smallest absolute Gasteiger partial charge is 0.259 e. The van der Waals surface area contributed by atoms with Gasteiger partial charge >= 0.3 is 0 Å². The van der Waals surface area contributed by atoms with Crippen molar-refractivity contribution >= 4 is 10.0 Å². The Morgan fingerprint density at radius 1 is 1.44 bits per heavy atom. The highest BCUT2D eigenvalue weighted by molar-refractivity contribution is 7.89. The van der Waals surface area contributed by atoms with Crippen molar-refractivity contribution in [1.29, 1.82) is 0 Å². The number of aromatic nitrogens is 2. The highest BCUT2D eigenvalue weighted by Gasteiger charge is 2.28. The van der Waals surface area contributed by atoms with Crippen molar-refractivity contribution < 1.29 is 8.42 Å². The van der Waals surface area contributed by atoms with Crippen LogP contribution in [0.15, 0.2) is 11.2 Å². The summed E-state index contributed by atoms with van der Waals surface area (Å²) in [4.78, 5) is 4.04. The number of imidazole rings is 1. The molecule has 6 nitrogen and oxygen atoms in total. The Kier molecular flexibility index (Phi) is 3.74. The Labute approximate surface area is 108 Å². The first-order chi connectivity index (χ1) is 8.40. The van der Waals surface area contributed by atoms with Gasteiger partial charge in [-0.2, -0.15) is 0 Å². The topological polar surface area (TPSA) is 90.0 Å². The molecule has 7 heteroatoms. The average molecular weight is 272 g/mol. The molecular weight excluding hydrogens is 252 g/mol. The summed E-state index contributed by atoms with van der Waals surface area (Å²) >= 11 is 0. The van der Waals surface area contributed by atoms with Crippen LogP contribution in [0.2, 0.25) is 0 Å². The van der Waals surface area contributed by atoms with Gasteiger partial charge in [0.25, 0.3) is 10.0 Å². The second-order valence-corrected chi connectivity index (χ2v) is 6.57. The molecule has 1 aliphatic rings. The molecular formula is C11H20N4O2S. The van der Waals surface area contributed by atoms with Gasteiger partial charge in [0.05, 0.1) is 0 Å². The molecule has 2 atom stereocenters. The van der Waals surface area contributed by atoms with Crippen LogP contribution in [0, 0.1) is 6.92 Å². The van der Waals surface area contributed by atoms with E-state index in [4.69, 9.17) is 5.73 Å². The Balaban J connectivity index is 2.16. The third-order valence-corrected chi connectivity index (χ3v) is 4.85. The van der Waals surface area contributed by atoms with Gasteiger partial charge in [-0.15, -0.1) is 0 Å². The summed E-state index contributed by atoms with van der Waals surface area (Å²) in [6.07, 6.45) is 5.27. The van der Waals surface area contributed by atoms with Crippen molar-refractivity contribution in [3.05, 3.63) is 12.0 Å². The average Bonchev–Trinajstić information content (AvgIpc) is 2.63. The third kappa shape index (κ3) is 2.73. The first kappa shape index (κ1) is 13.5. The highest BCUT2D eigenvalue weighted by atomic mass is 32.2. The predicted molar refractivity (Wildman–Crippen MR) is 68.5 cm³/mol. The third-order valence-electron chi connectivity index (χ3n) is 3.49. The maximum absolute atomic E-state index is 12.2. The second-order valence-electron chi connectivity index (χ2n) is 4.91. The van der Waals surface area contributed by atoms with Crippen molar-refractivity contribution in [2.45, 2.75) is 49.7 Å². The number of nitrogens with one attached hydrogen (secondary N) is 1. The molecule has 2 rings (SSSR count). The second kappa shape index (κ2) is 4.99. The molecule has 0 bridgehead atoms. The van der Waals surface area contributed by atoms with E-state index in [1.54, 1.807) is 18.5 Å². The number of rotatable bonds is 3. The zero-order valence-electron chi connectivity index (χ0n) is 10.8. The van der Waals surface area contributed by atoms with Crippen LogP contribution in [0.5, 0.6) is 0 Å². The van der Waals surface area contributed by atoms with Crippen LogP contribution in [0.1, 0.15) is 31.5 Å². The molecule has 18 heavy (non-hydrogen) atoms. The number of nitrogens with two attached hydrogens (primary N) is 1. The minimum Gasteiger partial charge on any atom is -0.337 e. The van der Waals surface area contributed by atoms with Gasteiger partial charge in [0, 0.05) is 25.3 Å². The molecule has 3 N–H and O–H groups in total. The lowest BCUT2D eigenvalue weighted by molar-refractivity contribution is 0.361. The van der Waals surface area contributed by atoms with Gasteiger partial charge in [0.15, 0.2) is 5.03 Å². The van der Waals surface area contributed by atoms with E-state index in [2.05, 4.69) is 9.71 Å². The van der Waals surface area contributed by atoms with Crippen molar-refractivity contribution in [2.24, 2.45) is 12.8 Å². The lowest BCUT2D eigenvalue weighted by Crippen LogP contribution is -2.49. The van der Waals surface area contributed by atoms with Gasteiger partial charge in [0.1, 0.15) is 5.82 Å². The van der Waals surface area contributed by atoms with Crippen LogP contribution in [0.25, 0.3) is 0 Å². The van der Waals surface area contributed by atoms with Crippen LogP contribution < -0.4 is 10.5 Å². The van der Waals surface area contributed by atoms with Crippen LogP contribution in [0.3, 0.4) is 0 Å². The summed E-state index contributed by atoms with van der Waals surface area (Å²) in [5, 5.41) is 0.0697. The minimum atomic E-state index is -3.56. The van der Waals surface area contributed by atoms with Crippen molar-refractivity contribution in [1.82, 2.24) is 14.3 Å². The number of sulfonamides is 1. The molecule has 1 fully saturated rings. The monoisotopic (exact) mass is 272 g/mol. The zero-order valence-corrected chi connectivity index (χ0v) is 11.6. The molecule has 2 unspecified atom stereocenters. The Morgan fingerprint density at radius 2 is 2.11 bits per heavy atom. The molecule has 102 valence electrons. The SMILES string of the molecule is Cc1nc(S(=O)(=O)NC2CCCCC2N)cn1C. The van der Waals surface area contributed by atoms with E-state index in [1.165, 1.54) is 6.20 Å². The largest absolute Gasteiger partial charge is 0.337 e. The molecule has 0 saturated heterocycles. The van der Waals surface area contributed by atoms with Crippen molar-refractivity contribution in [3.63, 3.8) is 0 Å². The number of nitrogens with zero attached hydrogens (tertiary/aromatic N) is 2.